The summed E-state index contributed by atoms with van der Waals surface area (Å²) in [6.07, 6.45) is 1.96. The molecule has 5 nitrogen and oxygen atoms in total. The molecule has 2 heterocycles. The minimum absolute atomic E-state index is 0.580. The van der Waals surface area contributed by atoms with Crippen molar-refractivity contribution in [2.24, 2.45) is 0 Å². The van der Waals surface area contributed by atoms with Crippen molar-refractivity contribution in [2.75, 3.05) is 26.3 Å². The predicted octanol–water partition coefficient (Wildman–Crippen LogP) is 2.99. The summed E-state index contributed by atoms with van der Waals surface area (Å²) in [4.78, 5) is 6.86. The Balaban J connectivity index is 1.77. The highest BCUT2D eigenvalue weighted by molar-refractivity contribution is 5.60. The molecule has 1 aromatic heterocycles. The van der Waals surface area contributed by atoms with E-state index in [1.54, 1.807) is 0 Å². The van der Waals surface area contributed by atoms with Gasteiger partial charge in [0, 0.05) is 30.8 Å². The number of hydrogen-bond donors (Lipinski definition) is 0. The number of allylic oxidation sites excluding steroid dienone is 2. The Morgan fingerprint density at radius 2 is 2.14 bits per heavy atom. The van der Waals surface area contributed by atoms with Gasteiger partial charge in [-0.2, -0.15) is 4.98 Å². The van der Waals surface area contributed by atoms with E-state index in [4.69, 9.17) is 9.26 Å². The molecule has 3 rings (SSSR count). The second-order valence-electron chi connectivity index (χ2n) is 5.48. The van der Waals surface area contributed by atoms with Gasteiger partial charge in [0.1, 0.15) is 0 Å². The summed E-state index contributed by atoms with van der Waals surface area (Å²) in [5.41, 5.74) is 3.24. The summed E-state index contributed by atoms with van der Waals surface area (Å²) in [6.45, 7) is 8.45. The number of nitrogens with zero attached hydrogens (tertiary/aromatic N) is 3. The van der Waals surface area contributed by atoms with Crippen LogP contribution in [0.5, 0.6) is 0 Å². The van der Waals surface area contributed by atoms with E-state index in [0.29, 0.717) is 11.7 Å². The average molecular weight is 299 g/mol. The first-order valence-electron chi connectivity index (χ1n) is 7.62. The molecule has 1 aliphatic heterocycles. The van der Waals surface area contributed by atoms with Crippen molar-refractivity contribution in [1.29, 1.82) is 0 Å². The number of benzene rings is 1. The number of hydrogen-bond acceptors (Lipinski definition) is 5. The molecule has 116 valence electrons. The highest BCUT2D eigenvalue weighted by Gasteiger charge is 2.13. The third-order valence-corrected chi connectivity index (χ3v) is 3.89. The zero-order chi connectivity index (χ0) is 15.4. The Hall–Kier alpha value is -1.98. The molecule has 0 amide bonds. The molecule has 0 atom stereocenters. The van der Waals surface area contributed by atoms with Crippen molar-refractivity contribution < 1.29 is 9.26 Å². The number of rotatable bonds is 4. The van der Waals surface area contributed by atoms with Gasteiger partial charge in [-0.1, -0.05) is 29.4 Å². The van der Waals surface area contributed by atoms with Crippen LogP contribution in [0.3, 0.4) is 0 Å². The molecule has 0 aliphatic carbocycles. The molecule has 0 bridgehead atoms. The zero-order valence-corrected chi connectivity index (χ0v) is 13.1. The van der Waals surface area contributed by atoms with Crippen LogP contribution in [-0.2, 0) is 11.3 Å². The molecule has 0 radical (unpaired) electrons. The van der Waals surface area contributed by atoms with E-state index in [0.717, 1.165) is 44.0 Å². The molecule has 0 saturated carbocycles. The van der Waals surface area contributed by atoms with Crippen LogP contribution >= 0.6 is 0 Å². The third kappa shape index (κ3) is 3.43. The van der Waals surface area contributed by atoms with Gasteiger partial charge in [-0.15, -0.1) is 0 Å². The van der Waals surface area contributed by atoms with Crippen molar-refractivity contribution in [1.82, 2.24) is 15.0 Å². The first-order chi connectivity index (χ1) is 10.8. The van der Waals surface area contributed by atoms with E-state index in [-0.39, 0.29) is 0 Å². The lowest BCUT2D eigenvalue weighted by atomic mass is 10.1. The molecular formula is C17H21N3O2. The molecule has 0 unspecified atom stereocenters. The Bertz CT molecular complexity index is 657. The highest BCUT2D eigenvalue weighted by atomic mass is 16.5. The van der Waals surface area contributed by atoms with Crippen LogP contribution in [0.25, 0.3) is 17.0 Å². The number of aromatic nitrogens is 2. The maximum Gasteiger partial charge on any atom is 0.253 e. The lowest BCUT2D eigenvalue weighted by Crippen LogP contribution is -2.35. The summed E-state index contributed by atoms with van der Waals surface area (Å²) in [5.74, 6) is 1.22. The molecule has 0 spiro atoms. The van der Waals surface area contributed by atoms with Gasteiger partial charge in [-0.3, -0.25) is 4.90 Å². The molecule has 5 heteroatoms. The van der Waals surface area contributed by atoms with Crippen LogP contribution < -0.4 is 0 Å². The molecule has 1 aliphatic rings. The van der Waals surface area contributed by atoms with Crippen LogP contribution in [0, 0.1) is 0 Å². The monoisotopic (exact) mass is 299 g/mol. The van der Waals surface area contributed by atoms with Gasteiger partial charge < -0.3 is 9.26 Å². The Kier molecular flexibility index (Phi) is 4.65. The standard InChI is InChI=1S/C17H21N3O2/c1-3-13(2)17-18-16(19-22-17)15-6-4-5-14(11-15)12-20-7-9-21-10-8-20/h3-6,11H,7-10,12H2,1-2H3/b13-3+. The molecule has 0 N–H and O–H groups in total. The van der Waals surface area contributed by atoms with Crippen LogP contribution in [0.4, 0.5) is 0 Å². The van der Waals surface area contributed by atoms with E-state index in [1.165, 1.54) is 5.56 Å². The van der Waals surface area contributed by atoms with Crippen molar-refractivity contribution in [3.63, 3.8) is 0 Å². The second-order valence-corrected chi connectivity index (χ2v) is 5.48. The smallest absolute Gasteiger partial charge is 0.253 e. The largest absolute Gasteiger partial charge is 0.379 e. The van der Waals surface area contributed by atoms with E-state index in [1.807, 2.05) is 32.1 Å². The minimum Gasteiger partial charge on any atom is -0.379 e. The molecule has 1 fully saturated rings. The third-order valence-electron chi connectivity index (χ3n) is 3.89. The van der Waals surface area contributed by atoms with Gasteiger partial charge in [-0.25, -0.2) is 0 Å². The summed E-state index contributed by atoms with van der Waals surface area (Å²) in [6, 6.07) is 8.33. The van der Waals surface area contributed by atoms with Crippen molar-refractivity contribution >= 4 is 5.57 Å². The lowest BCUT2D eigenvalue weighted by Gasteiger charge is -2.26. The zero-order valence-electron chi connectivity index (χ0n) is 13.1. The van der Waals surface area contributed by atoms with Gasteiger partial charge in [0.05, 0.1) is 13.2 Å². The maximum atomic E-state index is 5.39. The summed E-state index contributed by atoms with van der Waals surface area (Å²) in [5, 5.41) is 4.08. The number of ether oxygens (including phenoxy) is 1. The SMILES string of the molecule is C/C=C(\C)c1nc(-c2cccc(CN3CCOCC3)c2)no1. The molecular weight excluding hydrogens is 278 g/mol. The van der Waals surface area contributed by atoms with Gasteiger partial charge in [0.15, 0.2) is 0 Å². The first kappa shape index (κ1) is 14.9. The van der Waals surface area contributed by atoms with Crippen molar-refractivity contribution in [3.05, 3.63) is 41.8 Å². The van der Waals surface area contributed by atoms with Gasteiger partial charge in [0.2, 0.25) is 5.82 Å². The number of morpholine rings is 1. The fourth-order valence-electron chi connectivity index (χ4n) is 2.45. The van der Waals surface area contributed by atoms with E-state index >= 15 is 0 Å². The second kappa shape index (κ2) is 6.85. The van der Waals surface area contributed by atoms with E-state index in [9.17, 15) is 0 Å². The van der Waals surface area contributed by atoms with Gasteiger partial charge in [0.25, 0.3) is 5.89 Å². The predicted molar refractivity (Wildman–Crippen MR) is 85.2 cm³/mol. The Morgan fingerprint density at radius 3 is 2.91 bits per heavy atom. The van der Waals surface area contributed by atoms with Crippen LogP contribution in [0.15, 0.2) is 34.9 Å². The topological polar surface area (TPSA) is 51.4 Å². The molecule has 1 aromatic carbocycles. The quantitative estimate of drug-likeness (QED) is 0.868. The van der Waals surface area contributed by atoms with Crippen molar-refractivity contribution in [2.45, 2.75) is 20.4 Å². The molecule has 22 heavy (non-hydrogen) atoms. The van der Waals surface area contributed by atoms with E-state index < -0.39 is 0 Å². The summed E-state index contributed by atoms with van der Waals surface area (Å²) < 4.78 is 10.7. The lowest BCUT2D eigenvalue weighted by molar-refractivity contribution is 0.0342. The van der Waals surface area contributed by atoms with Gasteiger partial charge >= 0.3 is 0 Å². The minimum atomic E-state index is 0.580. The fourth-order valence-corrected chi connectivity index (χ4v) is 2.45. The van der Waals surface area contributed by atoms with Crippen LogP contribution in [-0.4, -0.2) is 41.3 Å². The highest BCUT2D eigenvalue weighted by Crippen LogP contribution is 2.21. The molecule has 2 aromatic rings. The molecule has 1 saturated heterocycles. The average Bonchev–Trinajstić information content (AvgIpc) is 3.05. The Labute approximate surface area is 130 Å². The summed E-state index contributed by atoms with van der Waals surface area (Å²) in [7, 11) is 0. The normalized spacial score (nSPS) is 16.9. The van der Waals surface area contributed by atoms with Gasteiger partial charge in [-0.05, 0) is 25.5 Å². The Morgan fingerprint density at radius 1 is 1.32 bits per heavy atom. The van der Waals surface area contributed by atoms with Crippen molar-refractivity contribution in [3.8, 4) is 11.4 Å². The van der Waals surface area contributed by atoms with Crippen LogP contribution in [0.1, 0.15) is 25.3 Å². The van der Waals surface area contributed by atoms with Crippen LogP contribution in [0.2, 0.25) is 0 Å². The summed E-state index contributed by atoms with van der Waals surface area (Å²) >= 11 is 0. The first-order valence-corrected chi connectivity index (χ1v) is 7.62. The fraction of sp³-hybridized carbons (Fsp3) is 0.412. The maximum absolute atomic E-state index is 5.39. The van der Waals surface area contributed by atoms with E-state index in [2.05, 4.69) is 27.2 Å².